The van der Waals surface area contributed by atoms with Gasteiger partial charge in [-0.3, -0.25) is 4.79 Å². The molecule has 0 unspecified atom stereocenters. The van der Waals surface area contributed by atoms with Gasteiger partial charge in [0.25, 0.3) is 5.91 Å². The molecule has 0 saturated heterocycles. The summed E-state index contributed by atoms with van der Waals surface area (Å²) < 4.78 is 5.15. The van der Waals surface area contributed by atoms with Crippen LogP contribution in [0.3, 0.4) is 0 Å². The third-order valence-electron chi connectivity index (χ3n) is 3.56. The number of rotatable bonds is 4. The van der Waals surface area contributed by atoms with E-state index in [1.807, 2.05) is 36.4 Å². The lowest BCUT2D eigenvalue weighted by molar-refractivity contribution is -0.303. The number of anilines is 1. The number of aliphatic carboxylic acids is 1. The van der Waals surface area contributed by atoms with Gasteiger partial charge in [0.15, 0.2) is 0 Å². The number of amides is 1. The summed E-state index contributed by atoms with van der Waals surface area (Å²) in [6.45, 7) is -0.483. The van der Waals surface area contributed by atoms with E-state index in [4.69, 9.17) is 4.74 Å². The number of benzene rings is 2. The molecule has 1 heterocycles. The standard InChI is InChI=1S/C18H15NO4S/c1-23-13-8-6-12(7-9-13)16-10-17(20)19(11-18(21)22)14-4-2-3-5-15(14)24-16/h2-10H,11H2,1H3,(H,21,22)/p-1. The Morgan fingerprint density at radius 3 is 2.54 bits per heavy atom. The number of thioether (sulfide) groups is 1. The zero-order valence-corrected chi connectivity index (χ0v) is 13.7. The zero-order chi connectivity index (χ0) is 17.1. The summed E-state index contributed by atoms with van der Waals surface area (Å²) in [4.78, 5) is 26.3. The highest BCUT2D eigenvalue weighted by Gasteiger charge is 2.23. The van der Waals surface area contributed by atoms with Crippen LogP contribution in [0.5, 0.6) is 5.75 Å². The highest BCUT2D eigenvalue weighted by atomic mass is 32.2. The van der Waals surface area contributed by atoms with Crippen molar-refractivity contribution >= 4 is 34.2 Å². The van der Waals surface area contributed by atoms with Crippen molar-refractivity contribution in [3.63, 3.8) is 0 Å². The fourth-order valence-corrected chi connectivity index (χ4v) is 3.49. The van der Waals surface area contributed by atoms with E-state index in [2.05, 4.69) is 0 Å². The molecule has 0 N–H and O–H groups in total. The molecule has 2 aromatic carbocycles. The van der Waals surface area contributed by atoms with Crippen molar-refractivity contribution in [1.29, 1.82) is 0 Å². The minimum Gasteiger partial charge on any atom is -0.548 e. The highest BCUT2D eigenvalue weighted by Crippen LogP contribution is 2.42. The molecule has 0 aromatic heterocycles. The van der Waals surface area contributed by atoms with Crippen molar-refractivity contribution in [2.75, 3.05) is 18.6 Å². The molecule has 122 valence electrons. The summed E-state index contributed by atoms with van der Waals surface area (Å²) in [6, 6.07) is 14.6. The van der Waals surface area contributed by atoms with Crippen LogP contribution >= 0.6 is 11.8 Å². The molecule has 5 nitrogen and oxygen atoms in total. The van der Waals surface area contributed by atoms with Gasteiger partial charge in [-0.05, 0) is 29.8 Å². The van der Waals surface area contributed by atoms with E-state index in [1.165, 1.54) is 22.7 Å². The van der Waals surface area contributed by atoms with Gasteiger partial charge >= 0.3 is 0 Å². The molecule has 6 heteroatoms. The number of methoxy groups -OCH3 is 1. The number of ether oxygens (including phenoxy) is 1. The average molecular weight is 340 g/mol. The highest BCUT2D eigenvalue weighted by molar-refractivity contribution is 8.08. The zero-order valence-electron chi connectivity index (χ0n) is 12.9. The van der Waals surface area contributed by atoms with Gasteiger partial charge in [0.05, 0.1) is 25.3 Å². The Balaban J connectivity index is 2.03. The van der Waals surface area contributed by atoms with E-state index in [1.54, 1.807) is 19.2 Å². The number of nitrogens with zero attached hydrogens (tertiary/aromatic N) is 1. The maximum atomic E-state index is 12.5. The molecule has 2 aromatic rings. The normalized spacial score (nSPS) is 13.8. The Labute approximate surface area is 143 Å². The van der Waals surface area contributed by atoms with E-state index in [0.29, 0.717) is 5.69 Å². The molecule has 1 amide bonds. The lowest BCUT2D eigenvalue weighted by atomic mass is 10.2. The maximum Gasteiger partial charge on any atom is 0.252 e. The summed E-state index contributed by atoms with van der Waals surface area (Å²) in [6.07, 6.45) is 1.45. The molecule has 0 bridgehead atoms. The Morgan fingerprint density at radius 1 is 1.17 bits per heavy atom. The summed E-state index contributed by atoms with van der Waals surface area (Å²) in [5.74, 6) is -0.963. The second-order valence-corrected chi connectivity index (χ2v) is 6.19. The van der Waals surface area contributed by atoms with Gasteiger partial charge in [0.1, 0.15) is 5.75 Å². The SMILES string of the molecule is COc1ccc(C2=CC(=O)N(CC(=O)[O-])c3ccccc3S2)cc1. The smallest absolute Gasteiger partial charge is 0.252 e. The molecule has 0 saturated carbocycles. The van der Waals surface area contributed by atoms with Crippen LogP contribution in [0.25, 0.3) is 4.91 Å². The molecule has 3 rings (SSSR count). The van der Waals surface area contributed by atoms with Crippen LogP contribution in [-0.4, -0.2) is 25.5 Å². The van der Waals surface area contributed by atoms with Crippen molar-refractivity contribution in [3.8, 4) is 5.75 Å². The lowest BCUT2D eigenvalue weighted by Crippen LogP contribution is -2.41. The molecule has 0 atom stereocenters. The van der Waals surface area contributed by atoms with Gasteiger partial charge in [0.2, 0.25) is 0 Å². The molecule has 0 aliphatic carbocycles. The Morgan fingerprint density at radius 2 is 1.88 bits per heavy atom. The number of para-hydroxylation sites is 1. The second kappa shape index (κ2) is 6.80. The molecule has 0 fully saturated rings. The number of carbonyl (C=O) groups is 2. The van der Waals surface area contributed by atoms with E-state index < -0.39 is 12.5 Å². The minimum atomic E-state index is -1.30. The van der Waals surface area contributed by atoms with Gasteiger partial charge in [0, 0.05) is 15.9 Å². The van der Waals surface area contributed by atoms with E-state index >= 15 is 0 Å². The van der Waals surface area contributed by atoms with Crippen LogP contribution in [-0.2, 0) is 9.59 Å². The summed E-state index contributed by atoms with van der Waals surface area (Å²) >= 11 is 1.42. The predicted molar refractivity (Wildman–Crippen MR) is 90.6 cm³/mol. The molecule has 24 heavy (non-hydrogen) atoms. The average Bonchev–Trinajstić information content (AvgIpc) is 2.72. The molecule has 0 radical (unpaired) electrons. The van der Waals surface area contributed by atoms with Crippen molar-refractivity contribution in [1.82, 2.24) is 0 Å². The number of hydrogen-bond acceptors (Lipinski definition) is 5. The first-order valence-corrected chi connectivity index (χ1v) is 8.04. The number of fused-ring (bicyclic) bond motifs is 1. The predicted octanol–water partition coefficient (Wildman–Crippen LogP) is 1.92. The molecular weight excluding hydrogens is 326 g/mol. The Bertz CT molecular complexity index is 814. The van der Waals surface area contributed by atoms with Gasteiger partial charge in [-0.2, -0.15) is 0 Å². The number of carbonyl (C=O) groups excluding carboxylic acids is 2. The second-order valence-electron chi connectivity index (χ2n) is 5.10. The van der Waals surface area contributed by atoms with E-state index in [-0.39, 0.29) is 5.91 Å². The summed E-state index contributed by atoms with van der Waals surface area (Å²) in [7, 11) is 1.59. The monoisotopic (exact) mass is 340 g/mol. The molecule has 0 spiro atoms. The van der Waals surface area contributed by atoms with Crippen molar-refractivity contribution < 1.29 is 19.4 Å². The van der Waals surface area contributed by atoms with Crippen LogP contribution < -0.4 is 14.7 Å². The topological polar surface area (TPSA) is 69.7 Å². The molecule has 1 aliphatic rings. The number of carboxylic acids is 1. The number of carboxylic acid groups (broad SMARTS) is 1. The van der Waals surface area contributed by atoms with Crippen molar-refractivity contribution in [2.24, 2.45) is 0 Å². The first kappa shape index (κ1) is 16.1. The van der Waals surface area contributed by atoms with Crippen LogP contribution in [0.2, 0.25) is 0 Å². The fraction of sp³-hybridized carbons (Fsp3) is 0.111. The van der Waals surface area contributed by atoms with Crippen LogP contribution in [0.1, 0.15) is 5.56 Å². The van der Waals surface area contributed by atoms with Gasteiger partial charge in [-0.25, -0.2) is 0 Å². The third kappa shape index (κ3) is 3.28. The van der Waals surface area contributed by atoms with Gasteiger partial charge in [-0.15, -0.1) is 0 Å². The molecular formula is C18H14NO4S-. The van der Waals surface area contributed by atoms with E-state index in [0.717, 1.165) is 21.1 Å². The van der Waals surface area contributed by atoms with Gasteiger partial charge in [-0.1, -0.05) is 36.0 Å². The van der Waals surface area contributed by atoms with Crippen LogP contribution in [0, 0.1) is 0 Å². The van der Waals surface area contributed by atoms with Crippen LogP contribution in [0.4, 0.5) is 5.69 Å². The largest absolute Gasteiger partial charge is 0.548 e. The van der Waals surface area contributed by atoms with Crippen LogP contribution in [0.15, 0.2) is 59.5 Å². The lowest BCUT2D eigenvalue weighted by Gasteiger charge is -2.22. The summed E-state index contributed by atoms with van der Waals surface area (Å²) in [5.41, 5.74) is 1.43. The summed E-state index contributed by atoms with van der Waals surface area (Å²) in [5, 5.41) is 11.0. The molecule has 1 aliphatic heterocycles. The van der Waals surface area contributed by atoms with Crippen molar-refractivity contribution in [3.05, 3.63) is 60.2 Å². The first-order chi connectivity index (χ1) is 11.6. The first-order valence-electron chi connectivity index (χ1n) is 7.23. The Hall–Kier alpha value is -2.73. The maximum absolute atomic E-state index is 12.5. The van der Waals surface area contributed by atoms with Crippen molar-refractivity contribution in [2.45, 2.75) is 4.90 Å². The quantitative estimate of drug-likeness (QED) is 0.850. The van der Waals surface area contributed by atoms with E-state index in [9.17, 15) is 14.7 Å². The fourth-order valence-electron chi connectivity index (χ4n) is 2.41. The number of hydrogen-bond donors (Lipinski definition) is 0. The van der Waals surface area contributed by atoms with Gasteiger partial charge < -0.3 is 19.5 Å². The Kier molecular flexibility index (Phi) is 4.57. The third-order valence-corrected chi connectivity index (χ3v) is 4.70. The minimum absolute atomic E-state index is 0.387.